The first-order valence-corrected chi connectivity index (χ1v) is 8.90. The van der Waals surface area contributed by atoms with Gasteiger partial charge in [-0.1, -0.05) is 25.9 Å². The Labute approximate surface area is 162 Å². The van der Waals surface area contributed by atoms with Crippen LogP contribution in [0.3, 0.4) is 0 Å². The van der Waals surface area contributed by atoms with Crippen LogP contribution in [0.15, 0.2) is 10.9 Å². The van der Waals surface area contributed by atoms with Gasteiger partial charge in [-0.3, -0.25) is 0 Å². The Hall–Kier alpha value is -2.79. The van der Waals surface area contributed by atoms with Gasteiger partial charge in [0.1, 0.15) is 12.4 Å². The number of hydrogen-bond acceptors (Lipinski definition) is 7. The number of fused-ring (bicyclic) bond motifs is 1. The lowest BCUT2D eigenvalue weighted by Crippen LogP contribution is -2.38. The normalized spacial score (nSPS) is 18.7. The SMILES string of the molecule is Cc1noc(Cn2cnc3c(N4CC(F)(F)C(F)(F)C4)nc(C(C)(C)C)nc32)n1. The van der Waals surface area contributed by atoms with Gasteiger partial charge in [0.15, 0.2) is 22.8 Å². The van der Waals surface area contributed by atoms with Crippen molar-refractivity contribution in [2.24, 2.45) is 0 Å². The van der Waals surface area contributed by atoms with E-state index in [0.29, 0.717) is 23.2 Å². The van der Waals surface area contributed by atoms with E-state index in [1.807, 2.05) is 20.8 Å². The summed E-state index contributed by atoms with van der Waals surface area (Å²) in [5.74, 6) is -7.28. The lowest BCUT2D eigenvalue weighted by Gasteiger charge is -2.21. The van der Waals surface area contributed by atoms with Gasteiger partial charge in [0.05, 0.1) is 19.4 Å². The molecule has 4 rings (SSSR count). The van der Waals surface area contributed by atoms with Gasteiger partial charge in [-0.05, 0) is 6.92 Å². The molecule has 1 saturated heterocycles. The van der Waals surface area contributed by atoms with Crippen LogP contribution in [0.4, 0.5) is 23.4 Å². The van der Waals surface area contributed by atoms with Crippen LogP contribution in [0.25, 0.3) is 11.2 Å². The molecule has 0 aromatic carbocycles. The van der Waals surface area contributed by atoms with Crippen molar-refractivity contribution in [3.8, 4) is 0 Å². The zero-order valence-corrected chi connectivity index (χ0v) is 16.2. The summed E-state index contributed by atoms with van der Waals surface area (Å²) < 4.78 is 61.9. The molecule has 3 aromatic rings. The maximum atomic E-state index is 13.8. The molecule has 12 heteroatoms. The Kier molecular flexibility index (Phi) is 4.11. The van der Waals surface area contributed by atoms with Gasteiger partial charge in [0, 0.05) is 5.41 Å². The smallest absolute Gasteiger partial charge is 0.329 e. The van der Waals surface area contributed by atoms with Crippen LogP contribution in [-0.4, -0.2) is 54.6 Å². The third kappa shape index (κ3) is 3.29. The number of nitrogens with zero attached hydrogens (tertiary/aromatic N) is 7. The Bertz CT molecular complexity index is 1050. The van der Waals surface area contributed by atoms with E-state index in [1.165, 1.54) is 6.33 Å². The predicted molar refractivity (Wildman–Crippen MR) is 94.3 cm³/mol. The molecule has 1 fully saturated rings. The molecule has 0 bridgehead atoms. The van der Waals surface area contributed by atoms with Gasteiger partial charge in [-0.2, -0.15) is 22.5 Å². The standard InChI is InChI=1S/C17H19F4N7O/c1-9-23-10(29-26-9)5-27-8-22-11-12(27)24-14(15(2,3)4)25-13(11)28-6-16(18,19)17(20,21)7-28/h8H,5-7H2,1-4H3. The third-order valence-electron chi connectivity index (χ3n) is 4.61. The molecule has 156 valence electrons. The molecule has 4 heterocycles. The summed E-state index contributed by atoms with van der Waals surface area (Å²) in [7, 11) is 0. The molecule has 1 aliphatic rings. The van der Waals surface area contributed by atoms with Crippen LogP contribution in [0.5, 0.6) is 0 Å². The Morgan fingerprint density at radius 3 is 2.28 bits per heavy atom. The first-order valence-electron chi connectivity index (χ1n) is 8.90. The Balaban J connectivity index is 1.84. The number of hydrogen-bond donors (Lipinski definition) is 0. The Morgan fingerprint density at radius 2 is 1.72 bits per heavy atom. The summed E-state index contributed by atoms with van der Waals surface area (Å²) >= 11 is 0. The minimum Gasteiger partial charge on any atom is -0.342 e. The van der Waals surface area contributed by atoms with Crippen molar-refractivity contribution in [2.75, 3.05) is 18.0 Å². The van der Waals surface area contributed by atoms with Crippen molar-refractivity contribution >= 4 is 17.0 Å². The molecule has 0 unspecified atom stereocenters. The molecule has 1 aliphatic heterocycles. The fourth-order valence-electron chi connectivity index (χ4n) is 3.07. The van der Waals surface area contributed by atoms with Crippen molar-refractivity contribution < 1.29 is 22.1 Å². The fraction of sp³-hybridized carbons (Fsp3) is 0.588. The number of anilines is 1. The number of aromatic nitrogens is 6. The predicted octanol–water partition coefficient (Wildman–Crippen LogP) is 2.95. The highest BCUT2D eigenvalue weighted by Gasteiger charge is 2.63. The van der Waals surface area contributed by atoms with E-state index in [9.17, 15) is 17.6 Å². The number of aryl methyl sites for hydroxylation is 1. The molecule has 0 saturated carbocycles. The van der Waals surface area contributed by atoms with Gasteiger partial charge < -0.3 is 14.0 Å². The number of imidazole rings is 1. The van der Waals surface area contributed by atoms with Crippen molar-refractivity contribution in [1.82, 2.24) is 29.7 Å². The first-order chi connectivity index (χ1) is 13.4. The summed E-state index contributed by atoms with van der Waals surface area (Å²) in [5.41, 5.74) is -0.0822. The van der Waals surface area contributed by atoms with Crippen LogP contribution in [0.2, 0.25) is 0 Å². The zero-order chi connectivity index (χ0) is 21.2. The Morgan fingerprint density at radius 1 is 1.07 bits per heavy atom. The maximum Gasteiger partial charge on any atom is 0.329 e. The van der Waals surface area contributed by atoms with Gasteiger partial charge in [-0.15, -0.1) is 0 Å². The highest BCUT2D eigenvalue weighted by molar-refractivity contribution is 5.84. The lowest BCUT2D eigenvalue weighted by molar-refractivity contribution is -0.172. The molecule has 0 spiro atoms. The van der Waals surface area contributed by atoms with Crippen molar-refractivity contribution in [3.05, 3.63) is 23.9 Å². The maximum absolute atomic E-state index is 13.8. The van der Waals surface area contributed by atoms with Crippen LogP contribution in [-0.2, 0) is 12.0 Å². The van der Waals surface area contributed by atoms with E-state index in [4.69, 9.17) is 4.52 Å². The molecule has 29 heavy (non-hydrogen) atoms. The fourth-order valence-corrected chi connectivity index (χ4v) is 3.07. The second-order valence-corrected chi connectivity index (χ2v) is 8.17. The highest BCUT2D eigenvalue weighted by atomic mass is 19.3. The topological polar surface area (TPSA) is 85.8 Å². The van der Waals surface area contributed by atoms with Crippen molar-refractivity contribution in [3.63, 3.8) is 0 Å². The van der Waals surface area contributed by atoms with E-state index >= 15 is 0 Å². The molecule has 8 nitrogen and oxygen atoms in total. The lowest BCUT2D eigenvalue weighted by atomic mass is 9.96. The molecular weight excluding hydrogens is 394 g/mol. The molecule has 0 atom stereocenters. The van der Waals surface area contributed by atoms with E-state index in [1.54, 1.807) is 11.5 Å². The van der Waals surface area contributed by atoms with Gasteiger partial charge in [0.25, 0.3) is 0 Å². The van der Waals surface area contributed by atoms with E-state index in [-0.39, 0.29) is 17.9 Å². The summed E-state index contributed by atoms with van der Waals surface area (Å²) in [6, 6.07) is 0. The number of rotatable bonds is 3. The summed E-state index contributed by atoms with van der Waals surface area (Å²) in [4.78, 5) is 18.0. The van der Waals surface area contributed by atoms with E-state index in [0.717, 1.165) is 4.90 Å². The van der Waals surface area contributed by atoms with Crippen molar-refractivity contribution in [1.29, 1.82) is 0 Å². The molecule has 3 aromatic heterocycles. The average molecular weight is 413 g/mol. The van der Waals surface area contributed by atoms with Crippen molar-refractivity contribution in [2.45, 2.75) is 51.5 Å². The minimum atomic E-state index is -4.16. The van der Waals surface area contributed by atoms with Gasteiger partial charge in [0.2, 0.25) is 5.89 Å². The second kappa shape index (κ2) is 6.10. The molecule has 0 N–H and O–H groups in total. The largest absolute Gasteiger partial charge is 0.342 e. The molecular formula is C17H19F4N7O. The first kappa shape index (κ1) is 19.5. The average Bonchev–Trinajstić information content (AvgIpc) is 3.24. The van der Waals surface area contributed by atoms with Crippen LogP contribution >= 0.6 is 0 Å². The van der Waals surface area contributed by atoms with Crippen LogP contribution in [0.1, 0.15) is 38.3 Å². The quantitative estimate of drug-likeness (QED) is 0.610. The molecule has 0 amide bonds. The molecule has 0 aliphatic carbocycles. The summed E-state index contributed by atoms with van der Waals surface area (Å²) in [5, 5.41) is 3.72. The van der Waals surface area contributed by atoms with Gasteiger partial charge in [-0.25, -0.2) is 15.0 Å². The summed E-state index contributed by atoms with van der Waals surface area (Å²) in [6.07, 6.45) is 1.42. The third-order valence-corrected chi connectivity index (χ3v) is 4.61. The highest BCUT2D eigenvalue weighted by Crippen LogP contribution is 2.43. The monoisotopic (exact) mass is 413 g/mol. The number of halogens is 4. The molecule has 0 radical (unpaired) electrons. The summed E-state index contributed by atoms with van der Waals surface area (Å²) in [6.45, 7) is 5.04. The zero-order valence-electron chi connectivity index (χ0n) is 16.2. The van der Waals surface area contributed by atoms with Crippen LogP contribution in [0, 0.1) is 6.92 Å². The van der Waals surface area contributed by atoms with E-state index in [2.05, 4.69) is 25.1 Å². The second-order valence-electron chi connectivity index (χ2n) is 8.17. The van der Waals surface area contributed by atoms with E-state index < -0.39 is 30.3 Å². The number of alkyl halides is 4. The van der Waals surface area contributed by atoms with Crippen LogP contribution < -0.4 is 4.90 Å². The minimum absolute atomic E-state index is 0.0442. The van der Waals surface area contributed by atoms with Gasteiger partial charge >= 0.3 is 11.8 Å².